The van der Waals surface area contributed by atoms with Gasteiger partial charge in [-0.05, 0) is 12.1 Å². The van der Waals surface area contributed by atoms with Crippen molar-refractivity contribution in [1.82, 2.24) is 19.5 Å². The predicted molar refractivity (Wildman–Crippen MR) is 111 cm³/mol. The molecule has 0 aliphatic carbocycles. The number of pyridine rings is 1. The largest absolute Gasteiger partial charge is 0.490 e. The topological polar surface area (TPSA) is 74.7 Å². The first-order chi connectivity index (χ1) is 15.2. The van der Waals surface area contributed by atoms with E-state index in [1.54, 1.807) is 7.11 Å². The number of methoxy groups -OCH3 is 1. The molecule has 0 N–H and O–H groups in total. The van der Waals surface area contributed by atoms with E-state index in [0.29, 0.717) is 17.9 Å². The van der Waals surface area contributed by atoms with Crippen molar-refractivity contribution in [2.75, 3.05) is 20.3 Å². The van der Waals surface area contributed by atoms with Gasteiger partial charge in [0, 0.05) is 31.1 Å². The number of aromatic nitrogens is 4. The Bertz CT molecular complexity index is 1290. The average Bonchev–Trinajstić information content (AvgIpc) is 3.37. The van der Waals surface area contributed by atoms with E-state index in [4.69, 9.17) is 48.8 Å². The smallest absolute Gasteiger partial charge is 0.417 e. The van der Waals surface area contributed by atoms with Crippen LogP contribution in [-0.4, -0.2) is 39.8 Å². The van der Waals surface area contributed by atoms with Crippen molar-refractivity contribution >= 4 is 40.4 Å². The molecule has 0 aliphatic rings. The Balaban J connectivity index is 1.66. The minimum atomic E-state index is -4.56. The third-order valence-corrected chi connectivity index (χ3v) is 5.17. The Labute approximate surface area is 193 Å². The molecular formula is C19H12Cl3F3N4O3. The lowest BCUT2D eigenvalue weighted by Gasteiger charge is -2.09. The van der Waals surface area contributed by atoms with Crippen LogP contribution >= 0.6 is 34.8 Å². The molecule has 0 spiro atoms. The van der Waals surface area contributed by atoms with E-state index in [1.807, 2.05) is 0 Å². The molecule has 168 valence electrons. The molecule has 0 unspecified atom stereocenters. The van der Waals surface area contributed by atoms with Gasteiger partial charge in [0.15, 0.2) is 5.65 Å². The number of imidazole rings is 1. The summed E-state index contributed by atoms with van der Waals surface area (Å²) in [5.74, 6) is 0.423. The molecule has 0 saturated carbocycles. The van der Waals surface area contributed by atoms with E-state index in [0.717, 1.165) is 16.7 Å². The van der Waals surface area contributed by atoms with Crippen molar-refractivity contribution in [1.29, 1.82) is 0 Å². The van der Waals surface area contributed by atoms with Gasteiger partial charge in [-0.2, -0.15) is 18.2 Å². The van der Waals surface area contributed by atoms with Crippen molar-refractivity contribution in [2.45, 2.75) is 6.18 Å². The Morgan fingerprint density at radius 3 is 2.50 bits per heavy atom. The molecule has 13 heteroatoms. The second kappa shape index (κ2) is 8.78. The summed E-state index contributed by atoms with van der Waals surface area (Å²) in [5, 5.41) is 4.21. The second-order valence-corrected chi connectivity index (χ2v) is 7.68. The first-order valence-corrected chi connectivity index (χ1v) is 10.0. The van der Waals surface area contributed by atoms with Crippen LogP contribution < -0.4 is 4.74 Å². The fraction of sp³-hybridized carbons (Fsp3) is 0.211. The Morgan fingerprint density at radius 2 is 1.78 bits per heavy atom. The van der Waals surface area contributed by atoms with Gasteiger partial charge >= 0.3 is 6.18 Å². The highest BCUT2D eigenvalue weighted by molar-refractivity contribution is 6.36. The fourth-order valence-electron chi connectivity index (χ4n) is 2.80. The first kappa shape index (κ1) is 22.7. The standard InChI is InChI=1S/C19H12Cl3F3N4O3/c1-30-2-3-31-15-6-11(20)10(5-12(15)21)16-27-18(32-28-16)14-8-29-7-9(19(23,24)25)4-13(22)17(29)26-14/h4-8H,2-3H2,1H3. The fourth-order valence-corrected chi connectivity index (χ4v) is 3.51. The molecule has 7 nitrogen and oxygen atoms in total. The third kappa shape index (κ3) is 4.49. The van der Waals surface area contributed by atoms with Crippen LogP contribution in [0.2, 0.25) is 15.1 Å². The van der Waals surface area contributed by atoms with Crippen molar-refractivity contribution < 1.29 is 27.2 Å². The van der Waals surface area contributed by atoms with E-state index in [2.05, 4.69) is 15.1 Å². The van der Waals surface area contributed by atoms with Gasteiger partial charge in [-0.1, -0.05) is 40.0 Å². The summed E-state index contributed by atoms with van der Waals surface area (Å²) in [5.41, 5.74) is -0.314. The predicted octanol–water partition coefficient (Wildman–Crippen LogP) is 6.06. The van der Waals surface area contributed by atoms with Crippen molar-refractivity contribution in [3.63, 3.8) is 0 Å². The van der Waals surface area contributed by atoms with Gasteiger partial charge in [0.1, 0.15) is 18.1 Å². The Kier molecular flexibility index (Phi) is 6.22. The molecule has 0 aliphatic heterocycles. The van der Waals surface area contributed by atoms with E-state index in [9.17, 15) is 13.2 Å². The number of alkyl halides is 3. The summed E-state index contributed by atoms with van der Waals surface area (Å²) in [7, 11) is 1.54. The first-order valence-electron chi connectivity index (χ1n) is 8.88. The molecule has 3 aromatic heterocycles. The zero-order valence-corrected chi connectivity index (χ0v) is 18.4. The molecule has 32 heavy (non-hydrogen) atoms. The average molecular weight is 508 g/mol. The van der Waals surface area contributed by atoms with Gasteiger partial charge in [0.2, 0.25) is 5.82 Å². The maximum atomic E-state index is 13.0. The summed E-state index contributed by atoms with van der Waals surface area (Å²) < 4.78 is 55.9. The summed E-state index contributed by atoms with van der Waals surface area (Å²) in [6.07, 6.45) is -2.39. The van der Waals surface area contributed by atoms with Gasteiger partial charge in [-0.25, -0.2) is 4.98 Å². The Morgan fingerprint density at radius 1 is 1.00 bits per heavy atom. The number of halogens is 6. The van der Waals surface area contributed by atoms with Crippen LogP contribution in [-0.2, 0) is 10.9 Å². The highest BCUT2D eigenvalue weighted by atomic mass is 35.5. The lowest BCUT2D eigenvalue weighted by molar-refractivity contribution is -0.137. The zero-order chi connectivity index (χ0) is 23.0. The number of hydrogen-bond acceptors (Lipinski definition) is 6. The van der Waals surface area contributed by atoms with Gasteiger partial charge < -0.3 is 18.4 Å². The number of nitrogens with zero attached hydrogens (tertiary/aromatic N) is 4. The lowest BCUT2D eigenvalue weighted by atomic mass is 10.2. The number of hydrogen-bond donors (Lipinski definition) is 0. The van der Waals surface area contributed by atoms with Crippen LogP contribution in [0, 0.1) is 0 Å². The zero-order valence-electron chi connectivity index (χ0n) is 16.1. The number of benzene rings is 1. The van der Waals surface area contributed by atoms with Gasteiger partial charge in [0.05, 0.1) is 27.2 Å². The van der Waals surface area contributed by atoms with E-state index < -0.39 is 11.7 Å². The molecule has 1 aromatic carbocycles. The molecule has 0 atom stereocenters. The third-order valence-electron chi connectivity index (χ3n) is 4.29. The van der Waals surface area contributed by atoms with E-state index in [-0.39, 0.29) is 44.7 Å². The van der Waals surface area contributed by atoms with E-state index >= 15 is 0 Å². The second-order valence-electron chi connectivity index (χ2n) is 6.46. The van der Waals surface area contributed by atoms with Gasteiger partial charge in [-0.15, -0.1) is 0 Å². The molecule has 0 bridgehead atoms. The van der Waals surface area contributed by atoms with Gasteiger partial charge in [0.25, 0.3) is 5.89 Å². The minimum Gasteiger partial charge on any atom is -0.490 e. The summed E-state index contributed by atoms with van der Waals surface area (Å²) in [6.45, 7) is 0.655. The maximum absolute atomic E-state index is 13.0. The SMILES string of the molecule is COCCOc1cc(Cl)c(-c2noc(-c3cn4cc(C(F)(F)F)cc(Cl)c4n3)n2)cc1Cl. The van der Waals surface area contributed by atoms with Crippen LogP contribution in [0.5, 0.6) is 5.75 Å². The van der Waals surface area contributed by atoms with Crippen LogP contribution in [0.25, 0.3) is 28.6 Å². The van der Waals surface area contributed by atoms with Crippen molar-refractivity contribution in [2.24, 2.45) is 0 Å². The minimum absolute atomic E-state index is 0.0408. The highest BCUT2D eigenvalue weighted by Crippen LogP contribution is 2.37. The molecule has 0 fully saturated rings. The Hall–Kier alpha value is -2.53. The molecule has 4 aromatic rings. The van der Waals surface area contributed by atoms with Crippen LogP contribution in [0.15, 0.2) is 35.1 Å². The number of rotatable bonds is 6. The molecule has 4 rings (SSSR count). The normalized spacial score (nSPS) is 12.0. The summed E-state index contributed by atoms with van der Waals surface area (Å²) >= 11 is 18.5. The molecule has 0 radical (unpaired) electrons. The number of ether oxygens (including phenoxy) is 2. The quantitative estimate of drug-likeness (QED) is 0.296. The highest BCUT2D eigenvalue weighted by Gasteiger charge is 2.32. The van der Waals surface area contributed by atoms with Gasteiger partial charge in [-0.3, -0.25) is 0 Å². The van der Waals surface area contributed by atoms with Crippen molar-refractivity contribution in [3.8, 4) is 28.7 Å². The molecular weight excluding hydrogens is 496 g/mol. The van der Waals surface area contributed by atoms with E-state index in [1.165, 1.54) is 18.3 Å². The van der Waals surface area contributed by atoms with Crippen molar-refractivity contribution in [3.05, 3.63) is 51.2 Å². The van der Waals surface area contributed by atoms with Crippen LogP contribution in [0.1, 0.15) is 5.56 Å². The van der Waals surface area contributed by atoms with Crippen LogP contribution in [0.3, 0.4) is 0 Å². The molecule has 0 saturated heterocycles. The summed E-state index contributed by atoms with van der Waals surface area (Å²) in [6, 6.07) is 3.82. The van der Waals surface area contributed by atoms with Crippen LogP contribution in [0.4, 0.5) is 13.2 Å². The number of fused-ring (bicyclic) bond motifs is 1. The molecule has 3 heterocycles. The maximum Gasteiger partial charge on any atom is 0.417 e. The monoisotopic (exact) mass is 506 g/mol. The molecule has 0 amide bonds. The summed E-state index contributed by atoms with van der Waals surface area (Å²) in [4.78, 5) is 8.42. The lowest BCUT2D eigenvalue weighted by Crippen LogP contribution is -2.06.